The lowest BCUT2D eigenvalue weighted by atomic mass is 10.0. The Labute approximate surface area is 114 Å². The van der Waals surface area contributed by atoms with Gasteiger partial charge in [0.2, 0.25) is 0 Å². The van der Waals surface area contributed by atoms with Crippen molar-refractivity contribution in [2.45, 2.75) is 32.2 Å². The maximum Gasteiger partial charge on any atom is 0.251 e. The maximum atomic E-state index is 12.0. The lowest BCUT2D eigenvalue weighted by Gasteiger charge is -2.32. The number of carbonyl (C=O) groups is 1. The number of benzene rings is 1. The molecule has 1 aliphatic heterocycles. The molecule has 0 bridgehead atoms. The summed E-state index contributed by atoms with van der Waals surface area (Å²) in [5.41, 5.74) is 1.30. The summed E-state index contributed by atoms with van der Waals surface area (Å²) >= 11 is 0. The van der Waals surface area contributed by atoms with E-state index in [4.69, 9.17) is 0 Å². The number of hydrogen-bond donors (Lipinski definition) is 2. The molecule has 1 unspecified atom stereocenters. The Morgan fingerprint density at radius 1 is 1.47 bits per heavy atom. The molecule has 4 heteroatoms. The molecule has 2 N–H and O–H groups in total. The highest BCUT2D eigenvalue weighted by molar-refractivity contribution is 5.94. The average molecular weight is 262 g/mol. The van der Waals surface area contributed by atoms with Gasteiger partial charge in [-0.3, -0.25) is 4.79 Å². The van der Waals surface area contributed by atoms with E-state index in [1.807, 2.05) is 6.92 Å². The van der Waals surface area contributed by atoms with Gasteiger partial charge >= 0.3 is 0 Å². The first-order chi connectivity index (χ1) is 9.08. The van der Waals surface area contributed by atoms with E-state index in [1.54, 1.807) is 12.1 Å². The molecule has 19 heavy (non-hydrogen) atoms. The Morgan fingerprint density at radius 2 is 2.26 bits per heavy atom. The van der Waals surface area contributed by atoms with Crippen molar-refractivity contribution in [3.8, 4) is 5.75 Å². The van der Waals surface area contributed by atoms with E-state index in [0.29, 0.717) is 18.2 Å². The van der Waals surface area contributed by atoms with Crippen LogP contribution in [-0.2, 0) is 0 Å². The van der Waals surface area contributed by atoms with E-state index in [-0.39, 0.29) is 11.7 Å². The lowest BCUT2D eigenvalue weighted by molar-refractivity contribution is 0.0928. The molecular formula is C15H22N2O2. The highest BCUT2D eigenvalue weighted by Crippen LogP contribution is 2.18. The predicted octanol–water partition coefficient (Wildman–Crippen LogP) is 1.91. The van der Waals surface area contributed by atoms with Gasteiger partial charge in [0.25, 0.3) is 5.91 Å². The summed E-state index contributed by atoms with van der Waals surface area (Å²) in [5.74, 6) is 0.0525. The zero-order chi connectivity index (χ0) is 13.8. The van der Waals surface area contributed by atoms with Gasteiger partial charge in [-0.2, -0.15) is 0 Å². The Kier molecular flexibility index (Phi) is 4.43. The van der Waals surface area contributed by atoms with Gasteiger partial charge in [0.05, 0.1) is 0 Å². The molecule has 1 heterocycles. The van der Waals surface area contributed by atoms with E-state index in [1.165, 1.54) is 18.9 Å². The third kappa shape index (κ3) is 3.47. The number of likely N-dealkylation sites (tertiary alicyclic amines) is 1. The van der Waals surface area contributed by atoms with Gasteiger partial charge in [-0.05, 0) is 51.1 Å². The van der Waals surface area contributed by atoms with Crippen molar-refractivity contribution in [1.82, 2.24) is 10.2 Å². The molecule has 4 nitrogen and oxygen atoms in total. The van der Waals surface area contributed by atoms with Crippen LogP contribution in [0.4, 0.5) is 0 Å². The molecule has 0 saturated carbocycles. The number of likely N-dealkylation sites (N-methyl/N-ethyl adjacent to an activating group) is 1. The number of amides is 1. The Morgan fingerprint density at radius 3 is 2.95 bits per heavy atom. The molecule has 2 rings (SSSR count). The third-order valence-corrected chi connectivity index (χ3v) is 3.89. The number of nitrogens with one attached hydrogen (secondary N) is 1. The number of phenolic OH excluding ortho intramolecular Hbond substituents is 1. The second kappa shape index (κ2) is 6.06. The van der Waals surface area contributed by atoms with Crippen LogP contribution in [0.2, 0.25) is 0 Å². The van der Waals surface area contributed by atoms with Crippen molar-refractivity contribution in [3.05, 3.63) is 29.3 Å². The van der Waals surface area contributed by atoms with Gasteiger partial charge < -0.3 is 15.3 Å². The summed E-state index contributed by atoms with van der Waals surface area (Å²) in [6.07, 6.45) is 3.61. The van der Waals surface area contributed by atoms with Gasteiger partial charge in [0.15, 0.2) is 0 Å². The second-order valence-electron chi connectivity index (χ2n) is 5.34. The van der Waals surface area contributed by atoms with Crippen LogP contribution in [0, 0.1) is 6.92 Å². The minimum atomic E-state index is -0.116. The average Bonchev–Trinajstić information content (AvgIpc) is 2.40. The smallest absolute Gasteiger partial charge is 0.251 e. The van der Waals surface area contributed by atoms with Gasteiger partial charge in [-0.1, -0.05) is 12.5 Å². The maximum absolute atomic E-state index is 12.0. The van der Waals surface area contributed by atoms with Crippen molar-refractivity contribution in [3.63, 3.8) is 0 Å². The molecule has 0 aliphatic carbocycles. The SMILES string of the molecule is Cc1ccc(C(=O)NCC2CCCCN2C)cc1O. The Bertz CT molecular complexity index is 459. The van der Waals surface area contributed by atoms with E-state index in [0.717, 1.165) is 18.5 Å². The van der Waals surface area contributed by atoms with Crippen molar-refractivity contribution in [2.75, 3.05) is 20.1 Å². The van der Waals surface area contributed by atoms with E-state index < -0.39 is 0 Å². The summed E-state index contributed by atoms with van der Waals surface area (Å²) in [6, 6.07) is 5.46. The first kappa shape index (κ1) is 13.9. The van der Waals surface area contributed by atoms with Crippen LogP contribution >= 0.6 is 0 Å². The Hall–Kier alpha value is -1.55. The normalized spacial score (nSPS) is 20.2. The molecule has 1 aliphatic rings. The van der Waals surface area contributed by atoms with Crippen LogP contribution in [0.15, 0.2) is 18.2 Å². The first-order valence-electron chi connectivity index (χ1n) is 6.86. The number of rotatable bonds is 3. The molecule has 104 valence electrons. The molecule has 0 aromatic heterocycles. The summed E-state index contributed by atoms with van der Waals surface area (Å²) in [7, 11) is 2.10. The largest absolute Gasteiger partial charge is 0.508 e. The number of aromatic hydroxyl groups is 1. The van der Waals surface area contributed by atoms with Crippen molar-refractivity contribution >= 4 is 5.91 Å². The zero-order valence-electron chi connectivity index (χ0n) is 11.6. The standard InChI is InChI=1S/C15H22N2O2/c1-11-6-7-12(9-14(11)18)15(19)16-10-13-5-3-4-8-17(13)2/h6-7,9,13,18H,3-5,8,10H2,1-2H3,(H,16,19). The van der Waals surface area contributed by atoms with Crippen molar-refractivity contribution < 1.29 is 9.90 Å². The molecule has 1 aromatic rings. The molecular weight excluding hydrogens is 240 g/mol. The molecule has 1 aromatic carbocycles. The minimum Gasteiger partial charge on any atom is -0.508 e. The van der Waals surface area contributed by atoms with Crippen LogP contribution in [0.3, 0.4) is 0 Å². The van der Waals surface area contributed by atoms with Crippen LogP contribution in [0.25, 0.3) is 0 Å². The molecule has 1 amide bonds. The van der Waals surface area contributed by atoms with Crippen LogP contribution in [0.5, 0.6) is 5.75 Å². The first-order valence-corrected chi connectivity index (χ1v) is 6.86. The summed E-state index contributed by atoms with van der Waals surface area (Å²) in [4.78, 5) is 14.3. The fourth-order valence-corrected chi connectivity index (χ4v) is 2.47. The number of aryl methyl sites for hydroxylation is 1. The quantitative estimate of drug-likeness (QED) is 0.875. The fraction of sp³-hybridized carbons (Fsp3) is 0.533. The molecule has 1 saturated heterocycles. The third-order valence-electron chi connectivity index (χ3n) is 3.89. The fourth-order valence-electron chi connectivity index (χ4n) is 2.47. The molecule has 0 spiro atoms. The zero-order valence-corrected chi connectivity index (χ0v) is 11.6. The number of piperidine rings is 1. The number of nitrogens with zero attached hydrogens (tertiary/aromatic N) is 1. The summed E-state index contributed by atoms with van der Waals surface area (Å²) in [6.45, 7) is 3.59. The number of hydrogen-bond acceptors (Lipinski definition) is 3. The van der Waals surface area contributed by atoms with Gasteiger partial charge in [0, 0.05) is 18.2 Å². The van der Waals surface area contributed by atoms with Crippen molar-refractivity contribution in [2.24, 2.45) is 0 Å². The molecule has 0 radical (unpaired) electrons. The van der Waals surface area contributed by atoms with Crippen molar-refractivity contribution in [1.29, 1.82) is 0 Å². The van der Waals surface area contributed by atoms with Gasteiger partial charge in [0.1, 0.15) is 5.75 Å². The van der Waals surface area contributed by atoms with Crippen LogP contribution in [-0.4, -0.2) is 42.1 Å². The van der Waals surface area contributed by atoms with E-state index in [9.17, 15) is 9.90 Å². The van der Waals surface area contributed by atoms with Gasteiger partial charge in [-0.15, -0.1) is 0 Å². The van der Waals surface area contributed by atoms with Crippen LogP contribution < -0.4 is 5.32 Å². The highest BCUT2D eigenvalue weighted by atomic mass is 16.3. The minimum absolute atomic E-state index is 0.116. The summed E-state index contributed by atoms with van der Waals surface area (Å²) < 4.78 is 0. The van der Waals surface area contributed by atoms with E-state index in [2.05, 4.69) is 17.3 Å². The van der Waals surface area contributed by atoms with E-state index >= 15 is 0 Å². The topological polar surface area (TPSA) is 52.6 Å². The monoisotopic (exact) mass is 262 g/mol. The number of carbonyl (C=O) groups excluding carboxylic acids is 1. The second-order valence-corrected chi connectivity index (χ2v) is 5.34. The molecule has 1 fully saturated rings. The highest BCUT2D eigenvalue weighted by Gasteiger charge is 2.19. The number of phenols is 1. The Balaban J connectivity index is 1.91. The predicted molar refractivity (Wildman–Crippen MR) is 75.4 cm³/mol. The molecule has 1 atom stereocenters. The van der Waals surface area contributed by atoms with Crippen LogP contribution in [0.1, 0.15) is 35.2 Å². The lowest BCUT2D eigenvalue weighted by Crippen LogP contribution is -2.44. The van der Waals surface area contributed by atoms with Gasteiger partial charge in [-0.25, -0.2) is 0 Å². The summed E-state index contributed by atoms with van der Waals surface area (Å²) in [5, 5.41) is 12.6.